The molecule has 1 atom stereocenters. The van der Waals surface area contributed by atoms with Crippen molar-refractivity contribution in [3.8, 4) is 0 Å². The summed E-state index contributed by atoms with van der Waals surface area (Å²) < 4.78 is 19.1. The number of alkyl carbamates (subject to hydrolysis) is 1. The quantitative estimate of drug-likeness (QED) is 0.866. The number of carbonyl (C=O) groups is 2. The van der Waals surface area contributed by atoms with Crippen LogP contribution in [0.2, 0.25) is 0 Å². The topological polar surface area (TPSA) is 55.4 Å². The number of ether oxygens (including phenoxy) is 1. The zero-order chi connectivity index (χ0) is 15.6. The molecule has 0 saturated heterocycles. The molecule has 5 heteroatoms. The van der Waals surface area contributed by atoms with E-state index in [1.807, 2.05) is 0 Å². The van der Waals surface area contributed by atoms with Gasteiger partial charge in [-0.05, 0) is 46.2 Å². The molecule has 0 aliphatic rings. The van der Waals surface area contributed by atoms with Crippen molar-refractivity contribution >= 4 is 12.4 Å². The first-order chi connectivity index (χ1) is 9.07. The van der Waals surface area contributed by atoms with E-state index in [2.05, 4.69) is 5.32 Å². The highest BCUT2D eigenvalue weighted by Crippen LogP contribution is 2.23. The van der Waals surface area contributed by atoms with Crippen LogP contribution in [0.25, 0.3) is 0 Å². The minimum atomic E-state index is -1.47. The highest BCUT2D eigenvalue weighted by molar-refractivity contribution is 5.78. The van der Waals surface area contributed by atoms with Gasteiger partial charge in [-0.25, -0.2) is 9.18 Å². The third kappa shape index (κ3) is 4.05. The molecule has 0 fully saturated rings. The van der Waals surface area contributed by atoms with Crippen LogP contribution >= 0.6 is 0 Å². The minimum Gasteiger partial charge on any atom is -0.444 e. The van der Waals surface area contributed by atoms with Gasteiger partial charge in [-0.1, -0.05) is 12.1 Å². The fourth-order valence-corrected chi connectivity index (χ4v) is 1.72. The maximum Gasteiger partial charge on any atom is 0.408 e. The number of aldehydes is 1. The summed E-state index contributed by atoms with van der Waals surface area (Å²) in [6.07, 6.45) is -0.280. The Morgan fingerprint density at radius 2 is 1.90 bits per heavy atom. The third-order valence-electron chi connectivity index (χ3n) is 2.68. The molecule has 1 aromatic rings. The SMILES string of the molecule is Cc1ccc(C(C)(C=O)NC(=O)OC(C)(C)C)c(F)c1. The Morgan fingerprint density at radius 3 is 2.35 bits per heavy atom. The van der Waals surface area contributed by atoms with Gasteiger partial charge in [-0.3, -0.25) is 0 Å². The van der Waals surface area contributed by atoms with Crippen LogP contribution in [0, 0.1) is 12.7 Å². The van der Waals surface area contributed by atoms with E-state index in [1.54, 1.807) is 33.8 Å². The summed E-state index contributed by atoms with van der Waals surface area (Å²) >= 11 is 0. The maximum absolute atomic E-state index is 14.0. The Hall–Kier alpha value is -1.91. The van der Waals surface area contributed by atoms with Crippen molar-refractivity contribution < 1.29 is 18.7 Å². The second kappa shape index (κ2) is 5.61. The number of aryl methyl sites for hydroxylation is 1. The number of carbonyl (C=O) groups excluding carboxylic acids is 2. The number of halogens is 1. The Morgan fingerprint density at radius 1 is 1.30 bits per heavy atom. The predicted molar refractivity (Wildman–Crippen MR) is 73.9 cm³/mol. The number of amides is 1. The first-order valence-electron chi connectivity index (χ1n) is 6.31. The molecular formula is C15H20FNO3. The Kier molecular flexibility index (Phi) is 4.53. The predicted octanol–water partition coefficient (Wildman–Crippen LogP) is 3.07. The first kappa shape index (κ1) is 16.1. The van der Waals surface area contributed by atoms with Crippen LogP contribution in [0.3, 0.4) is 0 Å². The van der Waals surface area contributed by atoms with Gasteiger partial charge in [0.2, 0.25) is 0 Å². The van der Waals surface area contributed by atoms with Crippen LogP contribution in [0.4, 0.5) is 9.18 Å². The van der Waals surface area contributed by atoms with Crippen LogP contribution in [0.1, 0.15) is 38.8 Å². The van der Waals surface area contributed by atoms with Crippen molar-refractivity contribution in [2.24, 2.45) is 0 Å². The standard InChI is InChI=1S/C15H20FNO3/c1-10-6-7-11(12(16)8-10)15(5,9-18)17-13(19)20-14(2,3)4/h6-9H,1-5H3,(H,17,19). The van der Waals surface area contributed by atoms with Crippen molar-refractivity contribution in [3.05, 3.63) is 35.1 Å². The number of benzene rings is 1. The van der Waals surface area contributed by atoms with E-state index in [9.17, 15) is 14.0 Å². The van der Waals surface area contributed by atoms with Gasteiger partial charge in [-0.2, -0.15) is 0 Å². The lowest BCUT2D eigenvalue weighted by atomic mass is 9.92. The molecule has 110 valence electrons. The molecule has 1 unspecified atom stereocenters. The molecule has 0 spiro atoms. The lowest BCUT2D eigenvalue weighted by Gasteiger charge is -2.28. The van der Waals surface area contributed by atoms with Gasteiger partial charge in [0.05, 0.1) is 0 Å². The van der Waals surface area contributed by atoms with Crippen LogP contribution in [-0.4, -0.2) is 18.0 Å². The van der Waals surface area contributed by atoms with E-state index in [0.717, 1.165) is 5.56 Å². The average Bonchev–Trinajstić information content (AvgIpc) is 2.25. The van der Waals surface area contributed by atoms with Gasteiger partial charge in [0.25, 0.3) is 0 Å². The van der Waals surface area contributed by atoms with E-state index < -0.39 is 23.1 Å². The van der Waals surface area contributed by atoms with Gasteiger partial charge in [0.1, 0.15) is 23.2 Å². The molecule has 4 nitrogen and oxygen atoms in total. The maximum atomic E-state index is 14.0. The van der Waals surface area contributed by atoms with Crippen LogP contribution in [0.5, 0.6) is 0 Å². The minimum absolute atomic E-state index is 0.101. The summed E-state index contributed by atoms with van der Waals surface area (Å²) in [5.74, 6) is -0.546. The fraction of sp³-hybridized carbons (Fsp3) is 0.467. The molecule has 1 rings (SSSR count). The molecular weight excluding hydrogens is 261 g/mol. The van der Waals surface area contributed by atoms with E-state index in [1.165, 1.54) is 19.1 Å². The molecule has 0 bridgehead atoms. The summed E-state index contributed by atoms with van der Waals surface area (Å²) in [6, 6.07) is 4.47. The van der Waals surface area contributed by atoms with Gasteiger partial charge in [0.15, 0.2) is 0 Å². The van der Waals surface area contributed by atoms with Crippen molar-refractivity contribution in [1.29, 1.82) is 0 Å². The normalized spacial score (nSPS) is 14.3. The van der Waals surface area contributed by atoms with Crippen LogP contribution in [-0.2, 0) is 15.1 Å². The van der Waals surface area contributed by atoms with Gasteiger partial charge < -0.3 is 14.8 Å². The molecule has 0 saturated carbocycles. The molecule has 0 aliphatic carbocycles. The molecule has 1 aromatic carbocycles. The molecule has 20 heavy (non-hydrogen) atoms. The monoisotopic (exact) mass is 281 g/mol. The van der Waals surface area contributed by atoms with Crippen LogP contribution in [0.15, 0.2) is 18.2 Å². The molecule has 1 amide bonds. The molecule has 1 N–H and O–H groups in total. The first-order valence-corrected chi connectivity index (χ1v) is 6.31. The highest BCUT2D eigenvalue weighted by atomic mass is 19.1. The zero-order valence-corrected chi connectivity index (χ0v) is 12.4. The number of hydrogen-bond donors (Lipinski definition) is 1. The molecule has 0 aliphatic heterocycles. The lowest BCUT2D eigenvalue weighted by molar-refractivity contribution is -0.113. The van der Waals surface area contributed by atoms with Crippen molar-refractivity contribution in [2.75, 3.05) is 0 Å². The lowest BCUT2D eigenvalue weighted by Crippen LogP contribution is -2.47. The Balaban J connectivity index is 3.03. The van der Waals surface area contributed by atoms with E-state index in [0.29, 0.717) is 6.29 Å². The number of rotatable bonds is 3. The number of hydrogen-bond acceptors (Lipinski definition) is 3. The van der Waals surface area contributed by atoms with E-state index in [-0.39, 0.29) is 5.56 Å². The summed E-state index contributed by atoms with van der Waals surface area (Å²) in [5.41, 5.74) is -1.33. The average molecular weight is 281 g/mol. The fourth-order valence-electron chi connectivity index (χ4n) is 1.72. The summed E-state index contributed by atoms with van der Waals surface area (Å²) in [6.45, 7) is 8.29. The van der Waals surface area contributed by atoms with E-state index >= 15 is 0 Å². The summed E-state index contributed by atoms with van der Waals surface area (Å²) in [7, 11) is 0. The second-order valence-corrected chi connectivity index (χ2v) is 5.93. The Labute approximate surface area is 118 Å². The highest BCUT2D eigenvalue weighted by Gasteiger charge is 2.32. The van der Waals surface area contributed by atoms with Crippen LogP contribution < -0.4 is 5.32 Å². The smallest absolute Gasteiger partial charge is 0.408 e. The largest absolute Gasteiger partial charge is 0.444 e. The zero-order valence-electron chi connectivity index (χ0n) is 12.4. The summed E-state index contributed by atoms with van der Waals surface area (Å²) in [4.78, 5) is 23.1. The second-order valence-electron chi connectivity index (χ2n) is 5.93. The summed E-state index contributed by atoms with van der Waals surface area (Å²) in [5, 5.41) is 2.41. The molecule has 0 radical (unpaired) electrons. The van der Waals surface area contributed by atoms with Crippen molar-refractivity contribution in [1.82, 2.24) is 5.32 Å². The third-order valence-corrected chi connectivity index (χ3v) is 2.68. The van der Waals surface area contributed by atoms with Gasteiger partial charge in [-0.15, -0.1) is 0 Å². The molecule has 0 aromatic heterocycles. The van der Waals surface area contributed by atoms with Gasteiger partial charge >= 0.3 is 6.09 Å². The Bertz CT molecular complexity index is 522. The molecule has 0 heterocycles. The van der Waals surface area contributed by atoms with E-state index in [4.69, 9.17) is 4.74 Å². The van der Waals surface area contributed by atoms with Crippen molar-refractivity contribution in [3.63, 3.8) is 0 Å². The van der Waals surface area contributed by atoms with Gasteiger partial charge in [0, 0.05) is 5.56 Å². The van der Waals surface area contributed by atoms with Crippen molar-refractivity contribution in [2.45, 2.75) is 45.8 Å². The number of nitrogens with one attached hydrogen (secondary N) is 1.